The second-order valence-electron chi connectivity index (χ2n) is 6.33. The number of furan rings is 1. The smallest absolute Gasteiger partial charge is 0.268 e. The maximum atomic E-state index is 12.6. The van der Waals surface area contributed by atoms with Gasteiger partial charge >= 0.3 is 0 Å². The van der Waals surface area contributed by atoms with Crippen LogP contribution < -0.4 is 5.32 Å². The van der Waals surface area contributed by atoms with Gasteiger partial charge in [-0.05, 0) is 26.6 Å². The summed E-state index contributed by atoms with van der Waals surface area (Å²) in [6.07, 6.45) is 1.66. The fourth-order valence-electron chi connectivity index (χ4n) is 2.81. The Balaban J connectivity index is 1.87. The first-order valence-corrected chi connectivity index (χ1v) is 8.10. The van der Waals surface area contributed by atoms with Crippen LogP contribution in [0.25, 0.3) is 11.1 Å². The van der Waals surface area contributed by atoms with Crippen molar-refractivity contribution in [2.75, 3.05) is 27.2 Å². The highest BCUT2D eigenvalue weighted by Crippen LogP contribution is 2.22. The van der Waals surface area contributed by atoms with Gasteiger partial charge in [0.2, 0.25) is 0 Å². The van der Waals surface area contributed by atoms with Gasteiger partial charge in [0.05, 0.1) is 11.8 Å². The van der Waals surface area contributed by atoms with Crippen molar-refractivity contribution in [2.24, 2.45) is 0 Å². The zero-order valence-corrected chi connectivity index (χ0v) is 14.4. The standard InChI is InChI=1S/C19H23N3O2/c1-14-5-4-6-15(11-14)13-22-16-7-10-24-18(16)12-17(22)19(23)20-8-9-21(2)3/h4-7,10-12H,8-9,13H2,1-3H3,(H,20,23). The zero-order valence-electron chi connectivity index (χ0n) is 14.4. The molecule has 3 rings (SSSR count). The van der Waals surface area contributed by atoms with Crippen molar-refractivity contribution in [3.05, 3.63) is 59.5 Å². The normalized spacial score (nSPS) is 11.3. The van der Waals surface area contributed by atoms with Gasteiger partial charge in [0.15, 0.2) is 5.58 Å². The highest BCUT2D eigenvalue weighted by molar-refractivity contribution is 5.97. The van der Waals surface area contributed by atoms with Gasteiger partial charge in [0.25, 0.3) is 5.91 Å². The molecule has 0 aliphatic heterocycles. The third kappa shape index (κ3) is 3.51. The Bertz CT molecular complexity index is 845. The molecule has 0 aliphatic rings. The Morgan fingerprint density at radius 3 is 2.83 bits per heavy atom. The number of aromatic nitrogens is 1. The molecule has 1 amide bonds. The van der Waals surface area contributed by atoms with E-state index in [1.54, 1.807) is 6.26 Å². The number of rotatable bonds is 6. The second-order valence-corrected chi connectivity index (χ2v) is 6.33. The van der Waals surface area contributed by atoms with Crippen LogP contribution in [0.5, 0.6) is 0 Å². The molecule has 0 bridgehead atoms. The van der Waals surface area contributed by atoms with Crippen LogP contribution in [0.3, 0.4) is 0 Å². The molecule has 2 aromatic heterocycles. The van der Waals surface area contributed by atoms with Crippen LogP contribution in [0.1, 0.15) is 21.6 Å². The highest BCUT2D eigenvalue weighted by Gasteiger charge is 2.17. The third-order valence-corrected chi connectivity index (χ3v) is 4.02. The van der Waals surface area contributed by atoms with Crippen molar-refractivity contribution in [2.45, 2.75) is 13.5 Å². The van der Waals surface area contributed by atoms with E-state index in [9.17, 15) is 4.79 Å². The van der Waals surface area contributed by atoms with E-state index in [1.165, 1.54) is 5.56 Å². The van der Waals surface area contributed by atoms with Crippen LogP contribution in [0.2, 0.25) is 0 Å². The molecule has 5 nitrogen and oxygen atoms in total. The molecule has 126 valence electrons. The molecule has 0 radical (unpaired) electrons. The lowest BCUT2D eigenvalue weighted by molar-refractivity contribution is 0.0942. The number of carbonyl (C=O) groups excluding carboxylic acids is 1. The lowest BCUT2D eigenvalue weighted by Gasteiger charge is -2.13. The number of nitrogens with one attached hydrogen (secondary N) is 1. The average molecular weight is 325 g/mol. The summed E-state index contributed by atoms with van der Waals surface area (Å²) in [5.74, 6) is -0.0732. The monoisotopic (exact) mass is 325 g/mol. The first-order valence-electron chi connectivity index (χ1n) is 8.10. The maximum absolute atomic E-state index is 12.6. The van der Waals surface area contributed by atoms with E-state index in [1.807, 2.05) is 41.8 Å². The SMILES string of the molecule is Cc1cccc(Cn2c(C(=O)NCCN(C)C)cc3occc32)c1. The second kappa shape index (κ2) is 6.93. The molecule has 0 saturated carbocycles. The van der Waals surface area contributed by atoms with Crippen molar-refractivity contribution >= 4 is 17.0 Å². The lowest BCUT2D eigenvalue weighted by Crippen LogP contribution is -2.32. The summed E-state index contributed by atoms with van der Waals surface area (Å²) in [6, 6.07) is 12.0. The number of benzene rings is 1. The fourth-order valence-corrected chi connectivity index (χ4v) is 2.81. The average Bonchev–Trinajstić information content (AvgIpc) is 3.09. The molecule has 0 unspecified atom stereocenters. The molecule has 0 saturated heterocycles. The van der Waals surface area contributed by atoms with Crippen LogP contribution in [-0.2, 0) is 6.54 Å². The van der Waals surface area contributed by atoms with Crippen LogP contribution in [0.4, 0.5) is 0 Å². The van der Waals surface area contributed by atoms with Crippen molar-refractivity contribution in [1.29, 1.82) is 0 Å². The number of amides is 1. The first-order chi connectivity index (χ1) is 11.5. The Hall–Kier alpha value is -2.53. The minimum atomic E-state index is -0.0732. The summed E-state index contributed by atoms with van der Waals surface area (Å²) in [4.78, 5) is 14.6. The molecule has 0 aliphatic carbocycles. The zero-order chi connectivity index (χ0) is 17.1. The molecule has 0 spiro atoms. The Morgan fingerprint density at radius 2 is 2.08 bits per heavy atom. The molecule has 1 N–H and O–H groups in total. The topological polar surface area (TPSA) is 50.4 Å². The predicted octanol–water partition coefficient (Wildman–Crippen LogP) is 2.88. The minimum Gasteiger partial charge on any atom is -0.463 e. The maximum Gasteiger partial charge on any atom is 0.268 e. The molecular weight excluding hydrogens is 302 g/mol. The van der Waals surface area contributed by atoms with E-state index >= 15 is 0 Å². The van der Waals surface area contributed by atoms with E-state index in [2.05, 4.69) is 30.4 Å². The Labute approximate surface area is 141 Å². The predicted molar refractivity (Wildman–Crippen MR) is 95.4 cm³/mol. The molecule has 0 fully saturated rings. The van der Waals surface area contributed by atoms with Gasteiger partial charge in [0.1, 0.15) is 5.69 Å². The van der Waals surface area contributed by atoms with Crippen LogP contribution >= 0.6 is 0 Å². The number of carbonyl (C=O) groups is 1. The first kappa shape index (κ1) is 16.3. The van der Waals surface area contributed by atoms with Gasteiger partial charge in [0, 0.05) is 31.8 Å². The number of hydrogen-bond acceptors (Lipinski definition) is 3. The van der Waals surface area contributed by atoms with Gasteiger partial charge < -0.3 is 19.2 Å². The molecule has 2 heterocycles. The fraction of sp³-hybridized carbons (Fsp3) is 0.316. The van der Waals surface area contributed by atoms with E-state index in [0.29, 0.717) is 18.8 Å². The summed E-state index contributed by atoms with van der Waals surface area (Å²) in [7, 11) is 3.97. The molecule has 24 heavy (non-hydrogen) atoms. The van der Waals surface area contributed by atoms with Crippen molar-refractivity contribution in [1.82, 2.24) is 14.8 Å². The number of hydrogen-bond donors (Lipinski definition) is 1. The summed E-state index contributed by atoms with van der Waals surface area (Å²) in [6.45, 7) is 4.13. The van der Waals surface area contributed by atoms with Crippen molar-refractivity contribution in [3.8, 4) is 0 Å². The van der Waals surface area contributed by atoms with Gasteiger partial charge in [-0.25, -0.2) is 0 Å². The van der Waals surface area contributed by atoms with Gasteiger partial charge in [-0.15, -0.1) is 0 Å². The number of fused-ring (bicyclic) bond motifs is 1. The van der Waals surface area contributed by atoms with Gasteiger partial charge in [-0.2, -0.15) is 0 Å². The minimum absolute atomic E-state index is 0.0732. The highest BCUT2D eigenvalue weighted by atomic mass is 16.3. The largest absolute Gasteiger partial charge is 0.463 e. The van der Waals surface area contributed by atoms with Crippen LogP contribution in [0, 0.1) is 6.92 Å². The summed E-state index contributed by atoms with van der Waals surface area (Å²) < 4.78 is 7.50. The Morgan fingerprint density at radius 1 is 1.25 bits per heavy atom. The Kier molecular flexibility index (Phi) is 4.71. The van der Waals surface area contributed by atoms with E-state index in [4.69, 9.17) is 4.42 Å². The molecule has 5 heteroatoms. The van der Waals surface area contributed by atoms with E-state index in [-0.39, 0.29) is 5.91 Å². The van der Waals surface area contributed by atoms with Crippen LogP contribution in [-0.4, -0.2) is 42.6 Å². The van der Waals surface area contributed by atoms with Crippen molar-refractivity contribution < 1.29 is 9.21 Å². The van der Waals surface area contributed by atoms with Crippen LogP contribution in [0.15, 0.2) is 47.1 Å². The summed E-state index contributed by atoms with van der Waals surface area (Å²) >= 11 is 0. The number of likely N-dealkylation sites (N-methyl/N-ethyl adjacent to an activating group) is 1. The van der Waals surface area contributed by atoms with E-state index < -0.39 is 0 Å². The van der Waals surface area contributed by atoms with E-state index in [0.717, 1.165) is 23.2 Å². The lowest BCUT2D eigenvalue weighted by atomic mass is 10.1. The van der Waals surface area contributed by atoms with Gasteiger partial charge in [-0.1, -0.05) is 29.8 Å². The quantitative estimate of drug-likeness (QED) is 0.758. The summed E-state index contributed by atoms with van der Waals surface area (Å²) in [5.41, 5.74) is 4.68. The summed E-state index contributed by atoms with van der Waals surface area (Å²) in [5, 5.41) is 2.98. The molecular formula is C19H23N3O2. The third-order valence-electron chi connectivity index (χ3n) is 4.02. The number of nitrogens with zero attached hydrogens (tertiary/aromatic N) is 2. The molecule has 0 atom stereocenters. The molecule has 3 aromatic rings. The molecule has 1 aromatic carbocycles. The van der Waals surface area contributed by atoms with Gasteiger partial charge in [-0.3, -0.25) is 4.79 Å². The van der Waals surface area contributed by atoms with Crippen molar-refractivity contribution in [3.63, 3.8) is 0 Å². The number of aryl methyl sites for hydroxylation is 1.